The number of imidazole rings is 1. The highest BCUT2D eigenvalue weighted by atomic mass is 16.6. The van der Waals surface area contributed by atoms with Gasteiger partial charge in [-0.2, -0.15) is 0 Å². The van der Waals surface area contributed by atoms with Gasteiger partial charge in [-0.3, -0.25) is 14.4 Å². The molecule has 4 rings (SSSR count). The first kappa shape index (κ1) is 23.3. The van der Waals surface area contributed by atoms with Gasteiger partial charge < -0.3 is 23.5 Å². The van der Waals surface area contributed by atoms with E-state index in [-0.39, 0.29) is 13.2 Å². The van der Waals surface area contributed by atoms with Crippen LogP contribution in [0.15, 0.2) is 43.0 Å². The molecule has 1 saturated heterocycles. The minimum Gasteiger partial charge on any atom is -0.463 e. The second-order valence-electron chi connectivity index (χ2n) is 7.82. The van der Waals surface area contributed by atoms with Gasteiger partial charge in [-0.05, 0) is 0 Å². The third-order valence-corrected chi connectivity index (χ3v) is 5.29. The Hall–Kier alpha value is -3.86. The van der Waals surface area contributed by atoms with E-state index >= 15 is 0 Å². The molecule has 0 saturated carbocycles. The highest BCUT2D eigenvalue weighted by molar-refractivity contribution is 5.86. The van der Waals surface area contributed by atoms with E-state index in [1.165, 1.54) is 27.1 Å². The summed E-state index contributed by atoms with van der Waals surface area (Å²) in [5, 5.41) is 0. The van der Waals surface area contributed by atoms with Crippen molar-refractivity contribution < 1.29 is 33.3 Å². The lowest BCUT2D eigenvalue weighted by atomic mass is 10.1. The number of rotatable bonds is 7. The topological polar surface area (TPSA) is 132 Å². The molecule has 4 atom stereocenters. The van der Waals surface area contributed by atoms with Crippen LogP contribution in [0.3, 0.4) is 0 Å². The van der Waals surface area contributed by atoms with Crippen LogP contribution < -0.4 is 0 Å². The van der Waals surface area contributed by atoms with Crippen LogP contribution in [0.1, 0.15) is 20.8 Å². The van der Waals surface area contributed by atoms with Gasteiger partial charge in [0.1, 0.15) is 36.4 Å². The zero-order valence-electron chi connectivity index (χ0n) is 18.9. The molecule has 3 aromatic rings. The highest BCUT2D eigenvalue weighted by Crippen LogP contribution is 2.30. The number of hydrogen-bond donors (Lipinski definition) is 0. The van der Waals surface area contributed by atoms with Crippen LogP contribution in [-0.2, 0) is 39.9 Å². The third-order valence-electron chi connectivity index (χ3n) is 5.29. The number of aromatic nitrogens is 4. The van der Waals surface area contributed by atoms with Gasteiger partial charge in [-0.25, -0.2) is 15.0 Å². The molecular weight excluding hydrogens is 444 g/mol. The summed E-state index contributed by atoms with van der Waals surface area (Å²) in [6.07, 6.45) is -0.356. The summed E-state index contributed by atoms with van der Waals surface area (Å²) >= 11 is 0. The van der Waals surface area contributed by atoms with Gasteiger partial charge >= 0.3 is 17.9 Å². The van der Waals surface area contributed by atoms with Crippen LogP contribution in [0, 0.1) is 0 Å². The molecule has 1 fully saturated rings. The summed E-state index contributed by atoms with van der Waals surface area (Å²) in [6.45, 7) is 3.79. The molecule has 1 aliphatic heterocycles. The largest absolute Gasteiger partial charge is 0.463 e. The van der Waals surface area contributed by atoms with Crippen molar-refractivity contribution in [3.05, 3.63) is 43.0 Å². The first-order valence-corrected chi connectivity index (χ1v) is 10.7. The molecule has 0 unspecified atom stereocenters. The molecule has 0 spiro atoms. The zero-order valence-corrected chi connectivity index (χ0v) is 18.9. The summed E-state index contributed by atoms with van der Waals surface area (Å²) in [4.78, 5) is 48.1. The van der Waals surface area contributed by atoms with Gasteiger partial charge in [-0.1, -0.05) is 30.3 Å². The van der Waals surface area contributed by atoms with E-state index in [4.69, 9.17) is 18.9 Å². The van der Waals surface area contributed by atoms with Crippen molar-refractivity contribution in [1.82, 2.24) is 19.5 Å². The first-order chi connectivity index (χ1) is 16.3. The molecule has 1 aliphatic rings. The van der Waals surface area contributed by atoms with Gasteiger partial charge in [0.2, 0.25) is 0 Å². The average molecular weight is 468 g/mol. The zero-order chi connectivity index (χ0) is 24.2. The van der Waals surface area contributed by atoms with E-state index in [2.05, 4.69) is 15.0 Å². The van der Waals surface area contributed by atoms with Crippen LogP contribution in [0.2, 0.25) is 0 Å². The number of esters is 3. The van der Waals surface area contributed by atoms with Gasteiger partial charge in [0.05, 0.1) is 12.9 Å². The van der Waals surface area contributed by atoms with Gasteiger partial charge in [0, 0.05) is 26.3 Å². The van der Waals surface area contributed by atoms with Crippen LogP contribution >= 0.6 is 0 Å². The summed E-state index contributed by atoms with van der Waals surface area (Å²) in [5.41, 5.74) is 2.74. The van der Waals surface area contributed by atoms with Crippen LogP contribution in [0.5, 0.6) is 0 Å². The lowest BCUT2D eigenvalue weighted by Gasteiger charge is -2.23. The number of nitrogens with zero attached hydrogens (tertiary/aromatic N) is 4. The van der Waals surface area contributed by atoms with Crippen LogP contribution in [0.4, 0.5) is 0 Å². The van der Waals surface area contributed by atoms with E-state index in [9.17, 15) is 14.4 Å². The molecule has 34 heavy (non-hydrogen) atoms. The standard InChI is InChI=1S/C23H24N4O7/c1-13(28)31-10-18-22(33-15(3)30)21(32-14(2)29)17(34-18)9-27-12-26-20-19(24-11-25-23(20)27)16-7-5-4-6-8-16/h4-8,11-12,17-18,21-22H,9-10H2,1-3H3/t17-,18+,21-,22+/m0/s1. The predicted octanol–water partition coefficient (Wildman–Crippen LogP) is 1.69. The van der Waals surface area contributed by atoms with E-state index in [1.54, 1.807) is 10.9 Å². The SMILES string of the molecule is CC(=O)OC[C@H]1O[C@@H](Cn2cnc3c(-c4ccccc4)ncnc32)[C@H](OC(C)=O)[C@@H]1OC(C)=O. The fraction of sp³-hybridized carbons (Fsp3) is 0.391. The second kappa shape index (κ2) is 9.96. The number of hydrogen-bond acceptors (Lipinski definition) is 10. The van der Waals surface area contributed by atoms with Gasteiger partial charge in [0.15, 0.2) is 17.9 Å². The fourth-order valence-corrected chi connectivity index (χ4v) is 3.97. The quantitative estimate of drug-likeness (QED) is 0.373. The number of fused-ring (bicyclic) bond motifs is 1. The summed E-state index contributed by atoms with van der Waals surface area (Å²) in [7, 11) is 0. The minimum atomic E-state index is -0.949. The lowest BCUT2D eigenvalue weighted by Crippen LogP contribution is -2.42. The Bertz CT molecular complexity index is 1200. The monoisotopic (exact) mass is 468 g/mol. The van der Waals surface area contributed by atoms with E-state index in [1.807, 2.05) is 30.3 Å². The van der Waals surface area contributed by atoms with Crippen molar-refractivity contribution in [3.63, 3.8) is 0 Å². The molecule has 11 nitrogen and oxygen atoms in total. The predicted molar refractivity (Wildman–Crippen MR) is 117 cm³/mol. The van der Waals surface area contributed by atoms with Crippen molar-refractivity contribution in [3.8, 4) is 11.3 Å². The minimum absolute atomic E-state index is 0.160. The van der Waals surface area contributed by atoms with Gasteiger partial charge in [0.25, 0.3) is 0 Å². The molecule has 0 radical (unpaired) electrons. The van der Waals surface area contributed by atoms with Crippen molar-refractivity contribution in [2.45, 2.75) is 51.7 Å². The van der Waals surface area contributed by atoms with Crippen molar-refractivity contribution in [2.24, 2.45) is 0 Å². The molecule has 0 aliphatic carbocycles. The molecule has 1 aromatic carbocycles. The third kappa shape index (κ3) is 5.04. The van der Waals surface area contributed by atoms with Crippen molar-refractivity contribution in [2.75, 3.05) is 6.61 Å². The number of carbonyl (C=O) groups excluding carboxylic acids is 3. The Morgan fingerprint density at radius 3 is 2.24 bits per heavy atom. The second-order valence-corrected chi connectivity index (χ2v) is 7.82. The molecular formula is C23H24N4O7. The van der Waals surface area contributed by atoms with Crippen LogP contribution in [0.25, 0.3) is 22.4 Å². The Morgan fingerprint density at radius 1 is 0.912 bits per heavy atom. The molecule has 0 amide bonds. The summed E-state index contributed by atoms with van der Waals surface area (Å²) in [5.74, 6) is -1.65. The first-order valence-electron chi connectivity index (χ1n) is 10.7. The smallest absolute Gasteiger partial charge is 0.303 e. The Morgan fingerprint density at radius 2 is 1.59 bits per heavy atom. The molecule has 0 N–H and O–H groups in total. The highest BCUT2D eigenvalue weighted by Gasteiger charge is 2.49. The van der Waals surface area contributed by atoms with Crippen LogP contribution in [-0.4, -0.2) is 68.4 Å². The number of carbonyl (C=O) groups is 3. The Kier molecular flexibility index (Phi) is 6.82. The van der Waals surface area contributed by atoms with E-state index in [0.717, 1.165) is 5.56 Å². The van der Waals surface area contributed by atoms with E-state index in [0.29, 0.717) is 16.9 Å². The van der Waals surface area contributed by atoms with E-state index < -0.39 is 42.3 Å². The Balaban J connectivity index is 1.65. The van der Waals surface area contributed by atoms with Gasteiger partial charge in [-0.15, -0.1) is 0 Å². The molecule has 3 heterocycles. The molecule has 2 aromatic heterocycles. The maximum atomic E-state index is 11.8. The summed E-state index contributed by atoms with van der Waals surface area (Å²) in [6, 6.07) is 9.60. The number of benzene rings is 1. The molecule has 178 valence electrons. The lowest BCUT2D eigenvalue weighted by molar-refractivity contribution is -0.165. The van der Waals surface area contributed by atoms with Crippen molar-refractivity contribution >= 4 is 29.1 Å². The molecule has 0 bridgehead atoms. The molecule has 11 heteroatoms. The maximum absolute atomic E-state index is 11.8. The maximum Gasteiger partial charge on any atom is 0.303 e. The van der Waals surface area contributed by atoms with Crippen molar-refractivity contribution in [1.29, 1.82) is 0 Å². The Labute approximate surface area is 195 Å². The fourth-order valence-electron chi connectivity index (χ4n) is 3.97. The normalized spacial score (nSPS) is 21.9. The summed E-state index contributed by atoms with van der Waals surface area (Å²) < 4.78 is 23.8. The number of ether oxygens (including phenoxy) is 4. The average Bonchev–Trinajstić information content (AvgIpc) is 3.34.